The average molecular weight is 1530 g/mol. The van der Waals surface area contributed by atoms with Gasteiger partial charge >= 0.3 is 0 Å². The van der Waals surface area contributed by atoms with Crippen molar-refractivity contribution in [1.82, 2.24) is 9.97 Å². The molecule has 0 fully saturated rings. The third kappa shape index (κ3) is 18.9. The van der Waals surface area contributed by atoms with E-state index < -0.39 is 0 Å². The minimum absolute atomic E-state index is 0.975. The summed E-state index contributed by atoms with van der Waals surface area (Å²) >= 11 is 1.91. The summed E-state index contributed by atoms with van der Waals surface area (Å²) in [5.41, 5.74) is 28.0. The van der Waals surface area contributed by atoms with Crippen LogP contribution in [0, 0.1) is 48.5 Å². The first-order chi connectivity index (χ1) is 57.5. The van der Waals surface area contributed by atoms with Crippen molar-refractivity contribution >= 4 is 85.8 Å². The lowest BCUT2D eigenvalue weighted by molar-refractivity contribution is 0.667. The quantitative estimate of drug-likeness (QED) is 0.160. The molecular formula is C113H92N2OS. The summed E-state index contributed by atoms with van der Waals surface area (Å²) in [6, 6.07) is 147. The molecule has 0 N–H and O–H groups in total. The van der Waals surface area contributed by atoms with E-state index in [1.807, 2.05) is 85.3 Å². The van der Waals surface area contributed by atoms with Gasteiger partial charge in [-0.1, -0.05) is 412 Å². The van der Waals surface area contributed by atoms with E-state index in [2.05, 4.69) is 415 Å². The normalized spacial score (nSPS) is 10.7. The molecule has 0 saturated heterocycles. The molecule has 0 bridgehead atoms. The maximum atomic E-state index is 6.17. The molecule has 4 heteroatoms. The number of thiophene rings is 1. The molecule has 0 aliphatic rings. The molecule has 4 heterocycles. The number of furan rings is 1. The van der Waals surface area contributed by atoms with Gasteiger partial charge in [-0.25, -0.2) is 0 Å². The number of hydrogen-bond acceptors (Lipinski definition) is 4. The van der Waals surface area contributed by atoms with E-state index in [9.17, 15) is 0 Å². The summed E-state index contributed by atoms with van der Waals surface area (Å²) in [5.74, 6) is 0. The number of pyridine rings is 2. The molecule has 566 valence electrons. The van der Waals surface area contributed by atoms with Crippen LogP contribution in [0.5, 0.6) is 0 Å². The summed E-state index contributed by atoms with van der Waals surface area (Å²) < 4.78 is 8.97. The minimum Gasteiger partial charge on any atom is -0.455 e. The Labute approximate surface area is 691 Å². The van der Waals surface area contributed by atoms with Crippen LogP contribution in [0.25, 0.3) is 153 Å². The van der Waals surface area contributed by atoms with Crippen molar-refractivity contribution in [1.29, 1.82) is 0 Å². The molecule has 0 radical (unpaired) electrons. The van der Waals surface area contributed by atoms with Crippen molar-refractivity contribution in [3.05, 3.63) is 470 Å². The Balaban J connectivity index is 0.000000108. The molecule has 3 nitrogen and oxygen atoms in total. The van der Waals surface area contributed by atoms with Gasteiger partial charge in [-0.3, -0.25) is 9.97 Å². The smallest absolute Gasteiger partial charge is 0.143 e. The highest BCUT2D eigenvalue weighted by atomic mass is 32.1. The van der Waals surface area contributed by atoms with Gasteiger partial charge < -0.3 is 4.42 Å². The zero-order chi connectivity index (χ0) is 80.2. The first-order valence-corrected chi connectivity index (χ1v) is 40.8. The number of aryl methyl sites for hydroxylation is 7. The Morgan fingerprint density at radius 1 is 0.214 bits per heavy atom. The van der Waals surface area contributed by atoms with Gasteiger partial charge in [-0.15, -0.1) is 11.3 Å². The standard InChI is InChI=1S/C19H14O.C19H14S.3C17H14.2C12H11N/c2*1-13-7-5-11-16-17-12-6-10-15(19(17)20-18(13)16)14-8-3-2-4-9-14;1-13-9-11-15(12-10-13)17-8-4-6-14-5-2-3-7-16(14)17;1-13-11-12-16(14-7-3-2-4-8-14)17-10-6-5-9-15(13)17;1-13-6-8-15(9-7-13)17-11-10-14-4-2-3-5-16(14)12-17;1-10-6-5-9-13-12(10)11-7-3-2-4-8-11;1-10-7-8-12(13-9-10)11-5-3-2-4-6-11/h2*2-12H,1H3;3*2-12H,1H3;2*2-9H,1H3. The van der Waals surface area contributed by atoms with E-state index in [0.29, 0.717) is 0 Å². The summed E-state index contributed by atoms with van der Waals surface area (Å²) in [6.07, 6.45) is 3.72. The van der Waals surface area contributed by atoms with Crippen molar-refractivity contribution in [2.24, 2.45) is 0 Å². The number of nitrogens with zero attached hydrogens (tertiary/aromatic N) is 2. The first-order valence-electron chi connectivity index (χ1n) is 40.0. The fourth-order valence-electron chi connectivity index (χ4n) is 14.9. The predicted molar refractivity (Wildman–Crippen MR) is 505 cm³/mol. The fraction of sp³-hybridized carbons (Fsp3) is 0.0619. The number of aromatic nitrogens is 2. The number of benzene rings is 17. The molecule has 0 atom stereocenters. The van der Waals surface area contributed by atoms with E-state index in [4.69, 9.17) is 4.42 Å². The van der Waals surface area contributed by atoms with Crippen molar-refractivity contribution in [2.45, 2.75) is 48.5 Å². The van der Waals surface area contributed by atoms with Gasteiger partial charge in [0.15, 0.2) is 0 Å². The molecule has 21 aromatic rings. The van der Waals surface area contributed by atoms with Gasteiger partial charge in [0.25, 0.3) is 0 Å². The summed E-state index contributed by atoms with van der Waals surface area (Å²) in [5, 5.41) is 13.0. The molecule has 0 aliphatic carbocycles. The zero-order valence-corrected chi connectivity index (χ0v) is 68.0. The van der Waals surface area contributed by atoms with E-state index in [1.54, 1.807) is 0 Å². The molecule has 17 aromatic carbocycles. The molecule has 0 saturated carbocycles. The highest BCUT2D eigenvalue weighted by Crippen LogP contribution is 2.42. The Morgan fingerprint density at radius 3 is 1.26 bits per heavy atom. The van der Waals surface area contributed by atoms with Crippen LogP contribution in [-0.4, -0.2) is 9.97 Å². The molecule has 0 unspecified atom stereocenters. The number of para-hydroxylation sites is 2. The average Bonchev–Trinajstić information content (AvgIpc) is 1.62. The van der Waals surface area contributed by atoms with E-state index in [1.165, 1.54) is 163 Å². The van der Waals surface area contributed by atoms with Gasteiger partial charge in [0, 0.05) is 60.0 Å². The molecular weight excluding hydrogens is 1430 g/mol. The van der Waals surface area contributed by atoms with E-state index in [-0.39, 0.29) is 0 Å². The molecule has 21 rings (SSSR count). The third-order valence-corrected chi connectivity index (χ3v) is 22.6. The van der Waals surface area contributed by atoms with Crippen LogP contribution in [0.15, 0.2) is 435 Å². The van der Waals surface area contributed by atoms with Gasteiger partial charge in [-0.05, 0) is 177 Å². The predicted octanol–water partition coefficient (Wildman–Crippen LogP) is 32.2. The van der Waals surface area contributed by atoms with Crippen LogP contribution in [0.3, 0.4) is 0 Å². The lowest BCUT2D eigenvalue weighted by Crippen LogP contribution is -1.85. The topological polar surface area (TPSA) is 38.9 Å². The second-order valence-electron chi connectivity index (χ2n) is 29.5. The van der Waals surface area contributed by atoms with Gasteiger partial charge in [0.05, 0.1) is 11.4 Å². The highest BCUT2D eigenvalue weighted by molar-refractivity contribution is 7.26. The summed E-state index contributed by atoms with van der Waals surface area (Å²) in [4.78, 5) is 8.70. The van der Waals surface area contributed by atoms with Crippen LogP contribution in [0.2, 0.25) is 0 Å². The third-order valence-electron chi connectivity index (χ3n) is 21.2. The summed E-state index contributed by atoms with van der Waals surface area (Å²) in [6.45, 7) is 14.8. The van der Waals surface area contributed by atoms with Crippen molar-refractivity contribution < 1.29 is 4.42 Å². The van der Waals surface area contributed by atoms with Crippen molar-refractivity contribution in [2.75, 3.05) is 0 Å². The SMILES string of the molecule is Cc1ccc(-c2ccc3ccccc3c2)cc1.Cc1ccc(-c2cccc3ccccc23)cc1.Cc1ccc(-c2ccccc2)c2ccccc12.Cc1ccc(-c2ccccc2)nc1.Cc1cccc2c1oc1c(-c3ccccc3)cccc12.Cc1cccc2c1sc1c(-c3ccccc3)cccc12.Cc1cccnc1-c1ccccc1. The number of fused-ring (bicyclic) bond motifs is 9. The van der Waals surface area contributed by atoms with Gasteiger partial charge in [-0.2, -0.15) is 0 Å². The van der Waals surface area contributed by atoms with E-state index in [0.717, 1.165) is 28.1 Å². The molecule has 0 spiro atoms. The second kappa shape index (κ2) is 37.7. The van der Waals surface area contributed by atoms with Crippen LogP contribution in [-0.2, 0) is 0 Å². The molecule has 4 aromatic heterocycles. The van der Waals surface area contributed by atoms with Crippen LogP contribution < -0.4 is 0 Å². The lowest BCUT2D eigenvalue weighted by Gasteiger charge is -2.09. The summed E-state index contributed by atoms with van der Waals surface area (Å²) in [7, 11) is 0. The Bertz CT molecular complexity index is 6670. The first kappa shape index (κ1) is 78.1. The van der Waals surface area contributed by atoms with Gasteiger partial charge in [0.1, 0.15) is 11.2 Å². The molecule has 117 heavy (non-hydrogen) atoms. The number of rotatable bonds is 7. The molecule has 0 amide bonds. The maximum absolute atomic E-state index is 6.17. The van der Waals surface area contributed by atoms with Crippen molar-refractivity contribution in [3.8, 4) is 78.1 Å². The van der Waals surface area contributed by atoms with Crippen molar-refractivity contribution in [3.63, 3.8) is 0 Å². The molecule has 0 aliphatic heterocycles. The van der Waals surface area contributed by atoms with Crippen LogP contribution in [0.1, 0.15) is 38.9 Å². The van der Waals surface area contributed by atoms with Crippen LogP contribution >= 0.6 is 11.3 Å². The van der Waals surface area contributed by atoms with Crippen LogP contribution in [0.4, 0.5) is 0 Å². The maximum Gasteiger partial charge on any atom is 0.143 e. The Hall–Kier alpha value is -14.2. The lowest BCUT2D eigenvalue weighted by atomic mass is 9.96. The second-order valence-corrected chi connectivity index (χ2v) is 30.5. The van der Waals surface area contributed by atoms with Gasteiger partial charge in [0.2, 0.25) is 0 Å². The number of hydrogen-bond donors (Lipinski definition) is 0. The van der Waals surface area contributed by atoms with E-state index >= 15 is 0 Å². The Kier molecular flexibility index (Phi) is 25.1. The fourth-order valence-corrected chi connectivity index (χ4v) is 16.2. The zero-order valence-electron chi connectivity index (χ0n) is 67.2. The largest absolute Gasteiger partial charge is 0.455 e. The highest BCUT2D eigenvalue weighted by Gasteiger charge is 2.15. The minimum atomic E-state index is 0.975. The monoisotopic (exact) mass is 1520 g/mol. The Morgan fingerprint density at radius 2 is 0.641 bits per heavy atom.